The van der Waals surface area contributed by atoms with Gasteiger partial charge in [0.1, 0.15) is 6.10 Å². The lowest BCUT2D eigenvalue weighted by Crippen LogP contribution is -2.51. The molecule has 152 valence electrons. The predicted octanol–water partition coefficient (Wildman–Crippen LogP) is 2.66. The van der Waals surface area contributed by atoms with Crippen molar-refractivity contribution in [3.05, 3.63) is 35.4 Å². The van der Waals surface area contributed by atoms with Crippen LogP contribution in [0.4, 0.5) is 0 Å². The smallest absolute Gasteiger partial charge is 0.229 e. The number of carbonyl (C=O) groups excluding carboxylic acids is 1. The van der Waals surface area contributed by atoms with Crippen LogP contribution in [0.5, 0.6) is 0 Å². The third kappa shape index (κ3) is 3.94. The summed E-state index contributed by atoms with van der Waals surface area (Å²) in [5.41, 5.74) is 2.84. The van der Waals surface area contributed by atoms with Gasteiger partial charge in [0.25, 0.3) is 0 Å². The average molecular weight is 386 g/mol. The van der Waals surface area contributed by atoms with E-state index in [1.807, 2.05) is 17.0 Å². The van der Waals surface area contributed by atoms with Crippen molar-refractivity contribution in [3.63, 3.8) is 0 Å². The molecular weight excluding hydrogens is 356 g/mol. The Morgan fingerprint density at radius 2 is 1.96 bits per heavy atom. The molecule has 3 heterocycles. The number of oxime groups is 1. The predicted molar refractivity (Wildman–Crippen MR) is 106 cm³/mol. The molecule has 2 fully saturated rings. The summed E-state index contributed by atoms with van der Waals surface area (Å²) in [7, 11) is 0. The zero-order chi connectivity index (χ0) is 19.6. The highest BCUT2D eigenvalue weighted by atomic mass is 16.6. The molecule has 3 aliphatic heterocycles. The van der Waals surface area contributed by atoms with Crippen molar-refractivity contribution in [2.24, 2.45) is 10.6 Å². The molecule has 1 amide bonds. The highest BCUT2D eigenvalue weighted by Gasteiger charge is 2.46. The molecule has 1 N–H and O–H groups in total. The number of piperidine rings is 1. The van der Waals surface area contributed by atoms with Gasteiger partial charge in [-0.05, 0) is 38.2 Å². The Bertz CT molecular complexity index is 734. The van der Waals surface area contributed by atoms with Crippen molar-refractivity contribution in [1.29, 1.82) is 0 Å². The monoisotopic (exact) mass is 386 g/mol. The largest absolute Gasteiger partial charge is 0.393 e. The molecule has 28 heavy (non-hydrogen) atoms. The summed E-state index contributed by atoms with van der Waals surface area (Å²) in [6.07, 6.45) is 3.84. The fraction of sp³-hybridized carbons (Fsp3) is 0.636. The molecule has 0 aromatic heterocycles. The lowest BCUT2D eigenvalue weighted by atomic mass is 9.73. The maximum atomic E-state index is 13.5. The summed E-state index contributed by atoms with van der Waals surface area (Å²) in [5.74, 6) is 0.204. The van der Waals surface area contributed by atoms with Crippen molar-refractivity contribution >= 4 is 11.6 Å². The van der Waals surface area contributed by atoms with E-state index in [4.69, 9.17) is 9.57 Å². The SMILES string of the molecule is Cc1ccccc1C1=NO[C@H](CC2(C(=O)N3CCC(O)CC3)CCOCC2)C1. The third-order valence-electron chi connectivity index (χ3n) is 6.46. The van der Waals surface area contributed by atoms with E-state index in [-0.39, 0.29) is 18.1 Å². The first-order valence-electron chi connectivity index (χ1n) is 10.4. The number of ether oxygens (including phenoxy) is 1. The Morgan fingerprint density at radius 3 is 2.68 bits per heavy atom. The Morgan fingerprint density at radius 1 is 1.25 bits per heavy atom. The summed E-state index contributed by atoms with van der Waals surface area (Å²) in [4.78, 5) is 21.2. The third-order valence-corrected chi connectivity index (χ3v) is 6.46. The molecule has 0 saturated carbocycles. The molecule has 6 heteroatoms. The van der Waals surface area contributed by atoms with Crippen LogP contribution in [0, 0.1) is 12.3 Å². The minimum atomic E-state index is -0.443. The quantitative estimate of drug-likeness (QED) is 0.864. The number of amides is 1. The highest BCUT2D eigenvalue weighted by molar-refractivity contribution is 6.02. The van der Waals surface area contributed by atoms with Crippen molar-refractivity contribution in [1.82, 2.24) is 4.90 Å². The van der Waals surface area contributed by atoms with Gasteiger partial charge < -0.3 is 19.6 Å². The molecule has 2 saturated heterocycles. The van der Waals surface area contributed by atoms with Crippen LogP contribution in [-0.2, 0) is 14.4 Å². The standard InChI is InChI=1S/C22H30N2O4/c1-16-4-2-3-5-19(16)20-14-18(28-23-20)15-22(8-12-27-13-9-22)21(26)24-10-6-17(25)7-11-24/h2-5,17-18,25H,6-15H2,1H3/t18-/m0/s1. The molecule has 4 rings (SSSR count). The van der Waals surface area contributed by atoms with Gasteiger partial charge in [-0.3, -0.25) is 4.79 Å². The second-order valence-corrected chi connectivity index (χ2v) is 8.40. The topological polar surface area (TPSA) is 71.4 Å². The molecule has 1 atom stereocenters. The van der Waals surface area contributed by atoms with Crippen LogP contribution in [0.3, 0.4) is 0 Å². The van der Waals surface area contributed by atoms with Crippen molar-refractivity contribution in [3.8, 4) is 0 Å². The van der Waals surface area contributed by atoms with Crippen LogP contribution in [0.25, 0.3) is 0 Å². The lowest BCUT2D eigenvalue weighted by molar-refractivity contribution is -0.153. The van der Waals surface area contributed by atoms with E-state index in [9.17, 15) is 9.90 Å². The second kappa shape index (κ2) is 8.21. The molecule has 1 aromatic rings. The zero-order valence-corrected chi connectivity index (χ0v) is 16.6. The van der Waals surface area contributed by atoms with Gasteiger partial charge in [-0.25, -0.2) is 0 Å². The number of hydrogen-bond donors (Lipinski definition) is 1. The van der Waals surface area contributed by atoms with Crippen molar-refractivity contribution in [2.45, 2.75) is 57.7 Å². The minimum absolute atomic E-state index is 0.0768. The van der Waals surface area contributed by atoms with E-state index in [0.29, 0.717) is 45.6 Å². The fourth-order valence-electron chi connectivity index (χ4n) is 4.70. The van der Waals surface area contributed by atoms with Gasteiger partial charge in [0, 0.05) is 44.7 Å². The Hall–Kier alpha value is -1.92. The molecule has 3 aliphatic rings. The van der Waals surface area contributed by atoms with Crippen molar-refractivity contribution in [2.75, 3.05) is 26.3 Å². The van der Waals surface area contributed by atoms with Crippen LogP contribution in [-0.4, -0.2) is 60.1 Å². The van der Waals surface area contributed by atoms with Gasteiger partial charge >= 0.3 is 0 Å². The Balaban J connectivity index is 1.46. The molecular formula is C22H30N2O4. The number of aryl methyl sites for hydroxylation is 1. The molecule has 0 aliphatic carbocycles. The number of benzene rings is 1. The summed E-state index contributed by atoms with van der Waals surface area (Å²) >= 11 is 0. The van der Waals surface area contributed by atoms with E-state index in [1.165, 1.54) is 5.56 Å². The summed E-state index contributed by atoms with van der Waals surface area (Å²) in [6.45, 7) is 4.58. The summed E-state index contributed by atoms with van der Waals surface area (Å²) in [6, 6.07) is 8.21. The lowest BCUT2D eigenvalue weighted by Gasteiger charge is -2.42. The number of aliphatic hydroxyl groups excluding tert-OH is 1. The molecule has 1 aromatic carbocycles. The fourth-order valence-corrected chi connectivity index (χ4v) is 4.70. The highest BCUT2D eigenvalue weighted by Crippen LogP contribution is 2.40. The summed E-state index contributed by atoms with van der Waals surface area (Å²) in [5, 5.41) is 14.1. The zero-order valence-electron chi connectivity index (χ0n) is 16.6. The number of carbonyl (C=O) groups is 1. The molecule has 0 bridgehead atoms. The van der Waals surface area contributed by atoms with Crippen LogP contribution in [0.1, 0.15) is 49.7 Å². The second-order valence-electron chi connectivity index (χ2n) is 8.40. The Kier molecular flexibility index (Phi) is 5.69. The first-order chi connectivity index (χ1) is 13.6. The maximum Gasteiger partial charge on any atom is 0.229 e. The van der Waals surface area contributed by atoms with Crippen LogP contribution >= 0.6 is 0 Å². The number of rotatable bonds is 4. The first-order valence-corrected chi connectivity index (χ1v) is 10.4. The van der Waals surface area contributed by atoms with Gasteiger partial charge in [0.15, 0.2) is 0 Å². The minimum Gasteiger partial charge on any atom is -0.393 e. The first kappa shape index (κ1) is 19.4. The Labute approximate surface area is 166 Å². The number of likely N-dealkylation sites (tertiary alicyclic amines) is 1. The van der Waals surface area contributed by atoms with Gasteiger partial charge in [-0.2, -0.15) is 0 Å². The van der Waals surface area contributed by atoms with E-state index >= 15 is 0 Å². The molecule has 6 nitrogen and oxygen atoms in total. The summed E-state index contributed by atoms with van der Waals surface area (Å²) < 4.78 is 5.57. The normalized spacial score (nSPS) is 25.3. The van der Waals surface area contributed by atoms with Crippen LogP contribution in [0.15, 0.2) is 29.4 Å². The van der Waals surface area contributed by atoms with Gasteiger partial charge in [0.05, 0.1) is 17.2 Å². The molecule has 0 radical (unpaired) electrons. The number of hydrogen-bond acceptors (Lipinski definition) is 5. The molecule has 0 spiro atoms. The van der Waals surface area contributed by atoms with Gasteiger partial charge in [-0.15, -0.1) is 0 Å². The van der Waals surface area contributed by atoms with E-state index in [1.54, 1.807) is 0 Å². The van der Waals surface area contributed by atoms with Crippen LogP contribution < -0.4 is 0 Å². The average Bonchev–Trinajstić information content (AvgIpc) is 3.17. The van der Waals surface area contributed by atoms with E-state index in [0.717, 1.165) is 30.5 Å². The van der Waals surface area contributed by atoms with E-state index in [2.05, 4.69) is 24.2 Å². The number of nitrogens with zero attached hydrogens (tertiary/aromatic N) is 2. The maximum absolute atomic E-state index is 13.5. The van der Waals surface area contributed by atoms with E-state index < -0.39 is 5.41 Å². The molecule has 0 unspecified atom stereocenters. The van der Waals surface area contributed by atoms with Crippen LogP contribution in [0.2, 0.25) is 0 Å². The van der Waals surface area contributed by atoms with Crippen molar-refractivity contribution < 1.29 is 19.5 Å². The van der Waals surface area contributed by atoms with Gasteiger partial charge in [0.2, 0.25) is 5.91 Å². The number of aliphatic hydroxyl groups is 1. The van der Waals surface area contributed by atoms with Gasteiger partial charge in [-0.1, -0.05) is 29.4 Å².